The van der Waals surface area contributed by atoms with Crippen LogP contribution < -0.4 is 10.1 Å². The Labute approximate surface area is 113 Å². The van der Waals surface area contributed by atoms with E-state index in [1.807, 2.05) is 6.26 Å². The van der Waals surface area contributed by atoms with E-state index < -0.39 is 18.0 Å². The molecule has 1 aromatic carbocycles. The van der Waals surface area contributed by atoms with Crippen LogP contribution in [0.4, 0.5) is 13.2 Å². The number of carbonyl (C=O) groups is 1. The van der Waals surface area contributed by atoms with Crippen LogP contribution >= 0.6 is 11.8 Å². The van der Waals surface area contributed by atoms with Crippen molar-refractivity contribution in [2.45, 2.75) is 19.3 Å². The molecular formula is C12H14F3NO2S. The van der Waals surface area contributed by atoms with Gasteiger partial charge in [-0.15, -0.1) is 13.2 Å². The van der Waals surface area contributed by atoms with E-state index in [0.717, 1.165) is 6.07 Å². The molecule has 0 aliphatic rings. The van der Waals surface area contributed by atoms with Crippen LogP contribution in [-0.2, 0) is 0 Å². The fourth-order valence-corrected chi connectivity index (χ4v) is 2.04. The van der Waals surface area contributed by atoms with Crippen molar-refractivity contribution >= 4 is 17.7 Å². The second kappa shape index (κ2) is 6.70. The maximum absolute atomic E-state index is 12.2. The average Bonchev–Trinajstić information content (AvgIpc) is 2.27. The maximum Gasteiger partial charge on any atom is 0.573 e. The van der Waals surface area contributed by atoms with Crippen molar-refractivity contribution < 1.29 is 22.7 Å². The van der Waals surface area contributed by atoms with Crippen LogP contribution in [-0.4, -0.2) is 30.3 Å². The van der Waals surface area contributed by atoms with E-state index in [1.165, 1.54) is 30.0 Å². The van der Waals surface area contributed by atoms with E-state index in [1.54, 1.807) is 6.92 Å². The molecule has 3 nitrogen and oxygen atoms in total. The first-order valence-corrected chi connectivity index (χ1v) is 6.87. The minimum Gasteiger partial charge on any atom is -0.405 e. The van der Waals surface area contributed by atoms with Gasteiger partial charge >= 0.3 is 6.36 Å². The van der Waals surface area contributed by atoms with E-state index in [9.17, 15) is 18.0 Å². The number of hydrogen-bond acceptors (Lipinski definition) is 3. The van der Waals surface area contributed by atoms with Crippen LogP contribution in [0.3, 0.4) is 0 Å². The molecule has 0 heterocycles. The quantitative estimate of drug-likeness (QED) is 0.906. The Hall–Kier alpha value is -1.37. The highest BCUT2D eigenvalue weighted by atomic mass is 32.2. The van der Waals surface area contributed by atoms with Gasteiger partial charge in [0.15, 0.2) is 0 Å². The minimum atomic E-state index is -4.82. The van der Waals surface area contributed by atoms with Crippen LogP contribution in [0.5, 0.6) is 5.75 Å². The van der Waals surface area contributed by atoms with Gasteiger partial charge in [0.05, 0.1) is 5.56 Å². The van der Waals surface area contributed by atoms with E-state index in [2.05, 4.69) is 10.1 Å². The highest BCUT2D eigenvalue weighted by Gasteiger charge is 2.32. The summed E-state index contributed by atoms with van der Waals surface area (Å²) in [6, 6.07) is 5.13. The van der Waals surface area contributed by atoms with Gasteiger partial charge in [-0.25, -0.2) is 0 Å². The third-order valence-corrected chi connectivity index (χ3v) is 2.98. The van der Waals surface area contributed by atoms with Gasteiger partial charge in [-0.2, -0.15) is 11.8 Å². The van der Waals surface area contributed by atoms with Crippen LogP contribution in [0.15, 0.2) is 24.3 Å². The molecule has 1 aromatic rings. The number of rotatable bonds is 5. The molecule has 19 heavy (non-hydrogen) atoms. The molecule has 0 saturated heterocycles. The molecule has 0 aromatic heterocycles. The molecule has 0 bridgehead atoms. The fourth-order valence-electron chi connectivity index (χ4n) is 1.46. The fraction of sp³-hybridized carbons (Fsp3) is 0.417. The van der Waals surface area contributed by atoms with Crippen molar-refractivity contribution in [2.75, 3.05) is 12.0 Å². The van der Waals surface area contributed by atoms with Crippen molar-refractivity contribution in [1.29, 1.82) is 0 Å². The summed E-state index contributed by atoms with van der Waals surface area (Å²) in [4.78, 5) is 11.9. The number of carbonyl (C=O) groups excluding carboxylic acids is 1. The topological polar surface area (TPSA) is 38.3 Å². The van der Waals surface area contributed by atoms with Crippen LogP contribution in [0.25, 0.3) is 0 Å². The zero-order chi connectivity index (χ0) is 14.5. The SMILES string of the molecule is CSC[C@H](C)NC(=O)c1ccccc1OC(F)(F)F. The Bertz CT molecular complexity index is 437. The second-order valence-electron chi connectivity index (χ2n) is 3.87. The van der Waals surface area contributed by atoms with E-state index in [0.29, 0.717) is 5.75 Å². The zero-order valence-electron chi connectivity index (χ0n) is 10.5. The molecule has 7 heteroatoms. The Morgan fingerprint density at radius 2 is 2.05 bits per heavy atom. The van der Waals surface area contributed by atoms with Crippen LogP contribution in [0, 0.1) is 0 Å². The monoisotopic (exact) mass is 293 g/mol. The predicted molar refractivity (Wildman–Crippen MR) is 68.4 cm³/mol. The average molecular weight is 293 g/mol. The number of benzene rings is 1. The molecule has 0 radical (unpaired) electrons. The van der Waals surface area contributed by atoms with Crippen LogP contribution in [0.1, 0.15) is 17.3 Å². The number of amides is 1. The molecule has 1 N–H and O–H groups in total. The standard InChI is InChI=1S/C12H14F3NO2S/c1-8(7-19-2)16-11(17)9-5-3-4-6-10(9)18-12(13,14)15/h3-6,8H,7H2,1-2H3,(H,16,17)/t8-/m0/s1. The number of alkyl halides is 3. The van der Waals surface area contributed by atoms with Gasteiger partial charge in [0, 0.05) is 11.8 Å². The van der Waals surface area contributed by atoms with Gasteiger partial charge in [-0.1, -0.05) is 12.1 Å². The van der Waals surface area contributed by atoms with Gasteiger partial charge < -0.3 is 10.1 Å². The smallest absolute Gasteiger partial charge is 0.405 e. The summed E-state index contributed by atoms with van der Waals surface area (Å²) in [5, 5.41) is 2.62. The van der Waals surface area contributed by atoms with Crippen LogP contribution in [0.2, 0.25) is 0 Å². The third-order valence-electron chi connectivity index (χ3n) is 2.15. The Kier molecular flexibility index (Phi) is 5.53. The summed E-state index contributed by atoms with van der Waals surface area (Å²) < 4.78 is 40.5. The molecule has 1 atom stereocenters. The van der Waals surface area contributed by atoms with Crippen molar-refractivity contribution in [3.05, 3.63) is 29.8 Å². The molecule has 0 unspecified atom stereocenters. The molecular weight excluding hydrogens is 279 g/mol. The first kappa shape index (κ1) is 15.7. The summed E-state index contributed by atoms with van der Waals surface area (Å²) in [5.74, 6) is -0.404. The zero-order valence-corrected chi connectivity index (χ0v) is 11.3. The van der Waals surface area contributed by atoms with Gasteiger partial charge in [0.25, 0.3) is 5.91 Å². The van der Waals surface area contributed by atoms with Crippen molar-refractivity contribution in [3.8, 4) is 5.75 Å². The van der Waals surface area contributed by atoms with Gasteiger partial charge in [0.2, 0.25) is 0 Å². The van der Waals surface area contributed by atoms with Gasteiger partial charge in [0.1, 0.15) is 5.75 Å². The number of hydrogen-bond donors (Lipinski definition) is 1. The highest BCUT2D eigenvalue weighted by Crippen LogP contribution is 2.26. The lowest BCUT2D eigenvalue weighted by molar-refractivity contribution is -0.274. The maximum atomic E-state index is 12.2. The summed E-state index contributed by atoms with van der Waals surface area (Å²) in [5.41, 5.74) is -0.132. The predicted octanol–water partition coefficient (Wildman–Crippen LogP) is 3.07. The molecule has 0 fully saturated rings. The third kappa shape index (κ3) is 5.42. The molecule has 0 spiro atoms. The number of nitrogens with one attached hydrogen (secondary N) is 1. The first-order chi connectivity index (χ1) is 8.83. The molecule has 106 valence electrons. The number of ether oxygens (including phenoxy) is 1. The summed E-state index contributed by atoms with van der Waals surface area (Å²) >= 11 is 1.54. The van der Waals surface area contributed by atoms with E-state index in [-0.39, 0.29) is 11.6 Å². The number of thioether (sulfide) groups is 1. The molecule has 0 saturated carbocycles. The van der Waals surface area contributed by atoms with Gasteiger partial charge in [-0.3, -0.25) is 4.79 Å². The van der Waals surface area contributed by atoms with Gasteiger partial charge in [-0.05, 0) is 25.3 Å². The lowest BCUT2D eigenvalue weighted by Gasteiger charge is -2.15. The molecule has 0 aliphatic carbocycles. The summed E-state index contributed by atoms with van der Waals surface area (Å²) in [6.07, 6.45) is -2.94. The highest BCUT2D eigenvalue weighted by molar-refractivity contribution is 7.98. The van der Waals surface area contributed by atoms with E-state index in [4.69, 9.17) is 0 Å². The molecule has 1 amide bonds. The molecule has 1 rings (SSSR count). The van der Waals surface area contributed by atoms with Crippen molar-refractivity contribution in [1.82, 2.24) is 5.32 Å². The molecule has 0 aliphatic heterocycles. The largest absolute Gasteiger partial charge is 0.573 e. The summed E-state index contributed by atoms with van der Waals surface area (Å²) in [7, 11) is 0. The lowest BCUT2D eigenvalue weighted by Crippen LogP contribution is -2.34. The van der Waals surface area contributed by atoms with E-state index >= 15 is 0 Å². The normalized spacial score (nSPS) is 12.9. The van der Waals surface area contributed by atoms with Crippen molar-refractivity contribution in [3.63, 3.8) is 0 Å². The Morgan fingerprint density at radius 3 is 2.63 bits per heavy atom. The number of para-hydroxylation sites is 1. The minimum absolute atomic E-state index is 0.132. The Balaban J connectivity index is 2.85. The number of halogens is 3. The summed E-state index contributed by atoms with van der Waals surface area (Å²) in [6.45, 7) is 1.78. The Morgan fingerprint density at radius 1 is 1.42 bits per heavy atom. The second-order valence-corrected chi connectivity index (χ2v) is 4.78. The lowest BCUT2D eigenvalue weighted by atomic mass is 10.2. The van der Waals surface area contributed by atoms with Crippen molar-refractivity contribution in [2.24, 2.45) is 0 Å². The first-order valence-electron chi connectivity index (χ1n) is 5.48.